The molecular formula is C26H24N2O2. The first-order valence-corrected chi connectivity index (χ1v) is 10.5. The maximum Gasteiger partial charge on any atom is 0.243 e. The van der Waals surface area contributed by atoms with E-state index in [0.717, 1.165) is 30.4 Å². The van der Waals surface area contributed by atoms with Crippen molar-refractivity contribution in [1.29, 1.82) is 0 Å². The highest BCUT2D eigenvalue weighted by atomic mass is 16.2. The number of fused-ring (bicyclic) bond motifs is 2. The smallest absolute Gasteiger partial charge is 0.243 e. The van der Waals surface area contributed by atoms with Crippen LogP contribution < -0.4 is 5.43 Å². The molecule has 4 nitrogen and oxygen atoms in total. The highest BCUT2D eigenvalue weighted by molar-refractivity contribution is 5.94. The lowest BCUT2D eigenvalue weighted by Crippen LogP contribution is -2.34. The second-order valence-corrected chi connectivity index (χ2v) is 8.11. The van der Waals surface area contributed by atoms with Crippen LogP contribution in [0.25, 0.3) is 21.8 Å². The number of amides is 1. The molecule has 0 bridgehead atoms. The first-order valence-electron chi connectivity index (χ1n) is 10.5. The number of hydrogen-bond acceptors (Lipinski definition) is 2. The van der Waals surface area contributed by atoms with Gasteiger partial charge in [-0.25, -0.2) is 0 Å². The summed E-state index contributed by atoms with van der Waals surface area (Å²) in [6.07, 6.45) is 2.00. The molecule has 0 spiro atoms. The molecule has 4 aromatic rings. The molecule has 5 rings (SSSR count). The fourth-order valence-electron chi connectivity index (χ4n) is 4.67. The number of aryl methyl sites for hydroxylation is 1. The summed E-state index contributed by atoms with van der Waals surface area (Å²) in [7, 11) is 0. The fourth-order valence-corrected chi connectivity index (χ4v) is 4.67. The fraction of sp³-hybridized carbons (Fsp3) is 0.231. The molecule has 1 atom stereocenters. The van der Waals surface area contributed by atoms with Gasteiger partial charge in [0.05, 0.1) is 17.1 Å². The average Bonchev–Trinajstić information content (AvgIpc) is 3.27. The van der Waals surface area contributed by atoms with Crippen molar-refractivity contribution in [3.05, 3.63) is 94.1 Å². The van der Waals surface area contributed by atoms with Gasteiger partial charge in [0.15, 0.2) is 5.43 Å². The molecule has 0 saturated carbocycles. The van der Waals surface area contributed by atoms with Crippen LogP contribution in [0.4, 0.5) is 0 Å². The summed E-state index contributed by atoms with van der Waals surface area (Å²) in [5.74, 6) is 0.0945. The highest BCUT2D eigenvalue weighted by Crippen LogP contribution is 2.32. The van der Waals surface area contributed by atoms with Gasteiger partial charge in [-0.3, -0.25) is 9.59 Å². The van der Waals surface area contributed by atoms with Crippen LogP contribution in [0.15, 0.2) is 77.6 Å². The highest BCUT2D eigenvalue weighted by Gasteiger charge is 2.30. The number of benzene rings is 3. The topological polar surface area (TPSA) is 42.3 Å². The van der Waals surface area contributed by atoms with Crippen LogP contribution in [0.2, 0.25) is 0 Å². The largest absolute Gasteiger partial charge is 0.334 e. The predicted molar refractivity (Wildman–Crippen MR) is 121 cm³/mol. The van der Waals surface area contributed by atoms with Crippen molar-refractivity contribution >= 4 is 27.7 Å². The average molecular weight is 396 g/mol. The van der Waals surface area contributed by atoms with E-state index in [1.165, 1.54) is 11.1 Å². The standard InChI is InChI=1S/C26H24N2O2/c1-18-12-14-19(15-13-18)22-11-6-16-27(22)25(29)17-28-23-9-4-2-7-20(23)26(30)21-8-3-5-10-24(21)28/h2-5,7-10,12-15,22H,6,11,16-17H2,1H3. The Balaban J connectivity index is 1.56. The minimum Gasteiger partial charge on any atom is -0.334 e. The molecule has 0 radical (unpaired) electrons. The Hall–Kier alpha value is -3.40. The summed E-state index contributed by atoms with van der Waals surface area (Å²) >= 11 is 0. The van der Waals surface area contributed by atoms with Crippen molar-refractivity contribution in [3.63, 3.8) is 0 Å². The summed E-state index contributed by atoms with van der Waals surface area (Å²) in [4.78, 5) is 28.4. The third kappa shape index (κ3) is 3.09. The molecule has 2 heterocycles. The Bertz CT molecular complexity index is 1240. The lowest BCUT2D eigenvalue weighted by atomic mass is 10.0. The van der Waals surface area contributed by atoms with Gasteiger partial charge in [-0.15, -0.1) is 0 Å². The zero-order valence-corrected chi connectivity index (χ0v) is 17.0. The first kappa shape index (κ1) is 18.6. The van der Waals surface area contributed by atoms with Crippen molar-refractivity contribution in [1.82, 2.24) is 9.47 Å². The Morgan fingerprint density at radius 1 is 0.900 bits per heavy atom. The zero-order valence-electron chi connectivity index (χ0n) is 17.0. The van der Waals surface area contributed by atoms with Crippen molar-refractivity contribution in [3.8, 4) is 0 Å². The van der Waals surface area contributed by atoms with E-state index in [2.05, 4.69) is 31.2 Å². The summed E-state index contributed by atoms with van der Waals surface area (Å²) in [6.45, 7) is 3.07. The number of para-hydroxylation sites is 2. The summed E-state index contributed by atoms with van der Waals surface area (Å²) in [6, 6.07) is 23.7. The zero-order chi connectivity index (χ0) is 20.7. The normalized spacial score (nSPS) is 16.4. The second kappa shape index (κ2) is 7.45. The van der Waals surface area contributed by atoms with E-state index >= 15 is 0 Å². The van der Waals surface area contributed by atoms with Gasteiger partial charge in [0.1, 0.15) is 6.54 Å². The number of likely N-dealkylation sites (tertiary alicyclic amines) is 1. The molecule has 1 amide bonds. The molecule has 150 valence electrons. The number of carbonyl (C=O) groups is 1. The molecule has 3 aromatic carbocycles. The molecule has 0 N–H and O–H groups in total. The summed E-state index contributed by atoms with van der Waals surface area (Å²) in [5.41, 5.74) is 4.05. The Morgan fingerprint density at radius 2 is 1.50 bits per heavy atom. The lowest BCUT2D eigenvalue weighted by molar-refractivity contribution is -0.132. The van der Waals surface area contributed by atoms with Crippen LogP contribution in [0.1, 0.15) is 30.0 Å². The van der Waals surface area contributed by atoms with Gasteiger partial charge in [-0.2, -0.15) is 0 Å². The molecular weight excluding hydrogens is 372 g/mol. The van der Waals surface area contributed by atoms with Crippen molar-refractivity contribution in [2.75, 3.05) is 6.54 Å². The number of nitrogens with zero attached hydrogens (tertiary/aromatic N) is 2. The number of carbonyl (C=O) groups excluding carboxylic acids is 1. The van der Waals surface area contributed by atoms with Gasteiger partial charge < -0.3 is 9.47 Å². The van der Waals surface area contributed by atoms with Crippen molar-refractivity contribution < 1.29 is 4.79 Å². The Kier molecular flexibility index (Phi) is 4.62. The van der Waals surface area contributed by atoms with E-state index in [4.69, 9.17) is 0 Å². The maximum absolute atomic E-state index is 13.5. The number of aromatic nitrogens is 1. The molecule has 4 heteroatoms. The van der Waals surface area contributed by atoms with E-state index in [0.29, 0.717) is 10.8 Å². The molecule has 1 aliphatic rings. The van der Waals surface area contributed by atoms with Crippen LogP contribution in [0.3, 0.4) is 0 Å². The van der Waals surface area contributed by atoms with Crippen molar-refractivity contribution in [2.45, 2.75) is 32.4 Å². The number of rotatable bonds is 3. The molecule has 1 aliphatic heterocycles. The Labute approximate surface area is 175 Å². The number of hydrogen-bond donors (Lipinski definition) is 0. The third-order valence-corrected chi connectivity index (χ3v) is 6.21. The van der Waals surface area contributed by atoms with E-state index < -0.39 is 0 Å². The predicted octanol–water partition coefficient (Wildman–Crippen LogP) is 4.83. The van der Waals surface area contributed by atoms with Crippen LogP contribution in [-0.4, -0.2) is 21.9 Å². The van der Waals surface area contributed by atoms with Gasteiger partial charge in [-0.1, -0.05) is 54.1 Å². The van der Waals surface area contributed by atoms with Gasteiger partial charge in [-0.05, 0) is 49.6 Å². The second-order valence-electron chi connectivity index (χ2n) is 8.11. The van der Waals surface area contributed by atoms with Crippen LogP contribution >= 0.6 is 0 Å². The van der Waals surface area contributed by atoms with Gasteiger partial charge >= 0.3 is 0 Å². The third-order valence-electron chi connectivity index (χ3n) is 6.21. The van der Waals surface area contributed by atoms with Crippen LogP contribution in [0.5, 0.6) is 0 Å². The molecule has 1 fully saturated rings. The van der Waals surface area contributed by atoms with Crippen LogP contribution in [-0.2, 0) is 11.3 Å². The minimum absolute atomic E-state index is 0.0172. The van der Waals surface area contributed by atoms with Gasteiger partial charge in [0.25, 0.3) is 0 Å². The summed E-state index contributed by atoms with van der Waals surface area (Å²) < 4.78 is 2.00. The van der Waals surface area contributed by atoms with Crippen molar-refractivity contribution in [2.24, 2.45) is 0 Å². The molecule has 0 aliphatic carbocycles. The van der Waals surface area contributed by atoms with E-state index in [1.54, 1.807) is 0 Å². The van der Waals surface area contributed by atoms with E-state index in [-0.39, 0.29) is 23.9 Å². The molecule has 30 heavy (non-hydrogen) atoms. The van der Waals surface area contributed by atoms with Gasteiger partial charge in [0.2, 0.25) is 5.91 Å². The van der Waals surface area contributed by atoms with E-state index in [9.17, 15) is 9.59 Å². The quantitative estimate of drug-likeness (QED) is 0.466. The monoisotopic (exact) mass is 396 g/mol. The Morgan fingerprint density at radius 3 is 2.13 bits per heavy atom. The molecule has 1 saturated heterocycles. The lowest BCUT2D eigenvalue weighted by Gasteiger charge is -2.26. The summed E-state index contributed by atoms with van der Waals surface area (Å²) in [5, 5.41) is 1.31. The van der Waals surface area contributed by atoms with E-state index in [1.807, 2.05) is 58.0 Å². The molecule has 1 aromatic heterocycles. The molecule has 1 unspecified atom stereocenters. The SMILES string of the molecule is Cc1ccc(C2CCCN2C(=O)Cn2c3ccccc3c(=O)c3ccccc32)cc1. The number of pyridine rings is 1. The van der Waals surface area contributed by atoms with Crippen LogP contribution in [0, 0.1) is 6.92 Å². The van der Waals surface area contributed by atoms with Gasteiger partial charge in [0, 0.05) is 17.3 Å². The minimum atomic E-state index is 0.0172. The maximum atomic E-state index is 13.5. The first-order chi connectivity index (χ1) is 14.6.